The molecule has 2 aromatic heterocycles. The fraction of sp³-hybridized carbons (Fsp3) is 0.467. The second kappa shape index (κ2) is 6.08. The van der Waals surface area contributed by atoms with Crippen molar-refractivity contribution in [3.05, 3.63) is 29.8 Å². The van der Waals surface area contributed by atoms with Gasteiger partial charge in [-0.2, -0.15) is 0 Å². The molecule has 0 N–H and O–H groups in total. The molecule has 1 aliphatic heterocycles. The van der Waals surface area contributed by atoms with Crippen molar-refractivity contribution in [1.82, 2.24) is 19.9 Å². The molecule has 0 unspecified atom stereocenters. The van der Waals surface area contributed by atoms with Gasteiger partial charge in [-0.15, -0.1) is 0 Å². The largest absolute Gasteiger partial charge is 0.353 e. The lowest BCUT2D eigenvalue weighted by Crippen LogP contribution is -2.59. The third kappa shape index (κ3) is 2.85. The van der Waals surface area contributed by atoms with Crippen LogP contribution in [-0.4, -0.2) is 52.4 Å². The second-order valence-corrected chi connectivity index (χ2v) is 6.33. The highest BCUT2D eigenvalue weighted by Crippen LogP contribution is 2.26. The molecule has 0 amide bonds. The Morgan fingerprint density at radius 3 is 2.73 bits per heavy atom. The van der Waals surface area contributed by atoms with E-state index in [0.717, 1.165) is 41.1 Å². The number of aromatic nitrogens is 4. The van der Waals surface area contributed by atoms with Crippen LogP contribution in [0.3, 0.4) is 0 Å². The highest BCUT2D eigenvalue weighted by atomic mass is 32.2. The van der Waals surface area contributed by atoms with Crippen molar-refractivity contribution in [2.75, 3.05) is 36.2 Å². The third-order valence-electron chi connectivity index (χ3n) is 3.94. The topological polar surface area (TPSA) is 58.0 Å². The average Bonchev–Trinajstić information content (AvgIpc) is 2.46. The van der Waals surface area contributed by atoms with Gasteiger partial charge in [0.05, 0.1) is 6.04 Å². The van der Waals surface area contributed by atoms with Gasteiger partial charge in [0.15, 0.2) is 5.16 Å². The Hall–Kier alpha value is -1.89. The summed E-state index contributed by atoms with van der Waals surface area (Å²) < 4.78 is 0. The molecule has 3 rings (SSSR count). The summed E-state index contributed by atoms with van der Waals surface area (Å²) in [6, 6.07) is 2.48. The molecule has 1 aliphatic rings. The monoisotopic (exact) mass is 316 g/mol. The van der Waals surface area contributed by atoms with Gasteiger partial charge in [0.1, 0.15) is 18.0 Å². The minimum Gasteiger partial charge on any atom is -0.353 e. The second-order valence-electron chi connectivity index (χ2n) is 5.55. The van der Waals surface area contributed by atoms with Gasteiger partial charge in [-0.25, -0.2) is 19.9 Å². The maximum atomic E-state index is 4.60. The van der Waals surface area contributed by atoms with Gasteiger partial charge < -0.3 is 9.80 Å². The Bertz CT molecular complexity index is 671. The highest BCUT2D eigenvalue weighted by molar-refractivity contribution is 7.98. The van der Waals surface area contributed by atoms with Gasteiger partial charge in [0.2, 0.25) is 0 Å². The summed E-state index contributed by atoms with van der Waals surface area (Å²) in [6.45, 7) is 5.96. The molecule has 2 aromatic rings. The molecular weight excluding hydrogens is 296 g/mol. The standard InChI is InChI=1S/C15H20N6S/c1-10-6-16-9-17-14(10)21-7-12(8-21)20(3)13-5-11(2)18-15(19-13)22-4/h5-6,9,12H,7-8H2,1-4H3. The average molecular weight is 316 g/mol. The molecule has 1 fully saturated rings. The fourth-order valence-corrected chi connectivity index (χ4v) is 3.00. The lowest BCUT2D eigenvalue weighted by molar-refractivity contribution is 0.487. The lowest BCUT2D eigenvalue weighted by Gasteiger charge is -2.45. The molecule has 116 valence electrons. The normalized spacial score (nSPS) is 14.8. The van der Waals surface area contributed by atoms with Crippen molar-refractivity contribution in [3.63, 3.8) is 0 Å². The van der Waals surface area contributed by atoms with Crippen molar-refractivity contribution in [3.8, 4) is 0 Å². The molecule has 0 spiro atoms. The first kappa shape index (κ1) is 15.0. The Kier molecular flexibility index (Phi) is 4.15. The Labute approximate surface area is 135 Å². The van der Waals surface area contributed by atoms with Gasteiger partial charge in [-0.3, -0.25) is 0 Å². The Balaban J connectivity index is 1.70. The lowest BCUT2D eigenvalue weighted by atomic mass is 10.1. The van der Waals surface area contributed by atoms with E-state index in [2.05, 4.69) is 36.8 Å². The minimum absolute atomic E-state index is 0.443. The van der Waals surface area contributed by atoms with Gasteiger partial charge in [-0.05, 0) is 20.1 Å². The zero-order chi connectivity index (χ0) is 15.7. The minimum atomic E-state index is 0.443. The van der Waals surface area contributed by atoms with Gasteiger partial charge in [0, 0.05) is 43.7 Å². The van der Waals surface area contributed by atoms with Crippen LogP contribution < -0.4 is 9.80 Å². The van der Waals surface area contributed by atoms with Crippen LogP contribution in [0.15, 0.2) is 23.7 Å². The quantitative estimate of drug-likeness (QED) is 0.631. The highest BCUT2D eigenvalue weighted by Gasteiger charge is 2.32. The summed E-state index contributed by atoms with van der Waals surface area (Å²) in [5, 5.41) is 0.824. The molecule has 22 heavy (non-hydrogen) atoms. The first-order valence-corrected chi connectivity index (χ1v) is 8.45. The zero-order valence-corrected chi connectivity index (χ0v) is 14.1. The van der Waals surface area contributed by atoms with E-state index in [1.807, 2.05) is 32.4 Å². The Morgan fingerprint density at radius 1 is 1.27 bits per heavy atom. The van der Waals surface area contributed by atoms with E-state index in [1.54, 1.807) is 18.1 Å². The number of hydrogen-bond donors (Lipinski definition) is 0. The summed E-state index contributed by atoms with van der Waals surface area (Å²) in [5.41, 5.74) is 2.12. The van der Waals surface area contributed by atoms with Crippen molar-refractivity contribution < 1.29 is 0 Å². The van der Waals surface area contributed by atoms with Crippen LogP contribution >= 0.6 is 11.8 Å². The van der Waals surface area contributed by atoms with Crippen LogP contribution in [0, 0.1) is 13.8 Å². The zero-order valence-electron chi connectivity index (χ0n) is 13.3. The molecule has 0 atom stereocenters. The summed E-state index contributed by atoms with van der Waals surface area (Å²) in [7, 11) is 2.10. The smallest absolute Gasteiger partial charge is 0.189 e. The van der Waals surface area contributed by atoms with E-state index in [4.69, 9.17) is 0 Å². The first-order valence-electron chi connectivity index (χ1n) is 7.22. The Morgan fingerprint density at radius 2 is 2.05 bits per heavy atom. The van der Waals surface area contributed by atoms with Crippen molar-refractivity contribution in [2.24, 2.45) is 0 Å². The molecule has 0 saturated carbocycles. The van der Waals surface area contributed by atoms with Gasteiger partial charge in [0.25, 0.3) is 0 Å². The van der Waals surface area contributed by atoms with Crippen LogP contribution in [0.5, 0.6) is 0 Å². The molecule has 0 radical (unpaired) electrons. The molecular formula is C15H20N6S. The SMILES string of the molecule is CSc1nc(C)cc(N(C)C2CN(c3ncncc3C)C2)n1. The van der Waals surface area contributed by atoms with Crippen molar-refractivity contribution in [1.29, 1.82) is 0 Å². The van der Waals surface area contributed by atoms with E-state index in [1.165, 1.54) is 0 Å². The predicted octanol–water partition coefficient (Wildman–Crippen LogP) is 1.93. The van der Waals surface area contributed by atoms with Gasteiger partial charge in [-0.1, -0.05) is 11.8 Å². The molecule has 0 aliphatic carbocycles. The number of aryl methyl sites for hydroxylation is 2. The van der Waals surface area contributed by atoms with E-state index >= 15 is 0 Å². The van der Waals surface area contributed by atoms with Crippen LogP contribution in [-0.2, 0) is 0 Å². The molecule has 6 nitrogen and oxygen atoms in total. The molecule has 3 heterocycles. The summed E-state index contributed by atoms with van der Waals surface area (Å²) in [4.78, 5) is 22.0. The summed E-state index contributed by atoms with van der Waals surface area (Å²) in [5.74, 6) is 2.02. The van der Waals surface area contributed by atoms with Crippen LogP contribution in [0.2, 0.25) is 0 Å². The number of hydrogen-bond acceptors (Lipinski definition) is 7. The van der Waals surface area contributed by atoms with Crippen LogP contribution in [0.1, 0.15) is 11.3 Å². The number of anilines is 2. The fourth-order valence-electron chi connectivity index (χ4n) is 2.58. The molecule has 7 heteroatoms. The predicted molar refractivity (Wildman–Crippen MR) is 89.7 cm³/mol. The molecule has 1 saturated heterocycles. The number of likely N-dealkylation sites (N-methyl/N-ethyl adjacent to an activating group) is 1. The van der Waals surface area contributed by atoms with Crippen LogP contribution in [0.25, 0.3) is 0 Å². The number of rotatable bonds is 4. The molecule has 0 bridgehead atoms. The first-order chi connectivity index (χ1) is 10.6. The number of thioether (sulfide) groups is 1. The van der Waals surface area contributed by atoms with E-state index in [0.29, 0.717) is 6.04 Å². The van der Waals surface area contributed by atoms with Crippen LogP contribution in [0.4, 0.5) is 11.6 Å². The maximum Gasteiger partial charge on any atom is 0.189 e. The maximum absolute atomic E-state index is 4.60. The van der Waals surface area contributed by atoms with Crippen molar-refractivity contribution in [2.45, 2.75) is 25.0 Å². The number of nitrogens with zero attached hydrogens (tertiary/aromatic N) is 6. The van der Waals surface area contributed by atoms with E-state index < -0.39 is 0 Å². The molecule has 0 aromatic carbocycles. The van der Waals surface area contributed by atoms with E-state index in [-0.39, 0.29) is 0 Å². The van der Waals surface area contributed by atoms with E-state index in [9.17, 15) is 0 Å². The third-order valence-corrected chi connectivity index (χ3v) is 4.49. The summed E-state index contributed by atoms with van der Waals surface area (Å²) >= 11 is 1.57. The van der Waals surface area contributed by atoms with Crippen molar-refractivity contribution >= 4 is 23.4 Å². The summed E-state index contributed by atoms with van der Waals surface area (Å²) in [6.07, 6.45) is 5.47. The van der Waals surface area contributed by atoms with Gasteiger partial charge >= 0.3 is 0 Å².